The van der Waals surface area contributed by atoms with E-state index < -0.39 is 0 Å². The maximum absolute atomic E-state index is 5.94. The van der Waals surface area contributed by atoms with Crippen molar-refractivity contribution in [2.75, 3.05) is 0 Å². The Labute approximate surface area is 110 Å². The Morgan fingerprint density at radius 2 is 1.94 bits per heavy atom. The summed E-state index contributed by atoms with van der Waals surface area (Å²) in [6.45, 7) is 4.56. The summed E-state index contributed by atoms with van der Waals surface area (Å²) >= 11 is 5.94. The van der Waals surface area contributed by atoms with E-state index in [0.717, 1.165) is 10.9 Å². The number of nitrogens with one attached hydrogen (secondary N) is 1. The van der Waals surface area contributed by atoms with Gasteiger partial charge in [0.2, 0.25) is 0 Å². The van der Waals surface area contributed by atoms with Crippen LogP contribution in [0.15, 0.2) is 24.3 Å². The van der Waals surface area contributed by atoms with E-state index in [1.165, 1.54) is 31.2 Å². The second-order valence-corrected chi connectivity index (χ2v) is 5.62. The average Bonchev–Trinajstić information content (AvgIpc) is 3.13. The highest BCUT2D eigenvalue weighted by atomic mass is 35.5. The lowest BCUT2D eigenvalue weighted by molar-refractivity contribution is 0.402. The second-order valence-electron chi connectivity index (χ2n) is 5.19. The molecule has 0 aromatic heterocycles. The lowest BCUT2D eigenvalue weighted by Crippen LogP contribution is -2.32. The van der Waals surface area contributed by atoms with Crippen molar-refractivity contribution in [2.24, 2.45) is 5.92 Å². The van der Waals surface area contributed by atoms with Gasteiger partial charge in [-0.15, -0.1) is 0 Å². The number of halogens is 1. The molecule has 0 spiro atoms. The molecule has 2 heteroatoms. The molecular weight excluding hydrogens is 230 g/mol. The van der Waals surface area contributed by atoms with E-state index in [2.05, 4.69) is 31.3 Å². The molecule has 1 aromatic carbocycles. The first-order valence-electron chi connectivity index (χ1n) is 6.72. The Bertz CT molecular complexity index is 342. The molecule has 0 aliphatic heterocycles. The molecule has 2 atom stereocenters. The van der Waals surface area contributed by atoms with Crippen LogP contribution in [-0.4, -0.2) is 6.04 Å². The molecule has 1 aliphatic rings. The molecule has 1 aliphatic carbocycles. The predicted octanol–water partition coefficient (Wildman–Crippen LogP) is 4.57. The van der Waals surface area contributed by atoms with Crippen molar-refractivity contribution in [1.82, 2.24) is 5.32 Å². The Morgan fingerprint density at radius 3 is 2.47 bits per heavy atom. The maximum atomic E-state index is 5.94. The molecular formula is C15H22ClN. The molecule has 94 valence electrons. The van der Waals surface area contributed by atoms with Crippen molar-refractivity contribution in [3.8, 4) is 0 Å². The Morgan fingerprint density at radius 1 is 1.29 bits per heavy atom. The quantitative estimate of drug-likeness (QED) is 0.781. The molecule has 0 radical (unpaired) electrons. The SMILES string of the molecule is CCCC(NC(C)C1CC1)c1ccc(Cl)cc1. The highest BCUT2D eigenvalue weighted by Gasteiger charge is 2.29. The molecule has 0 amide bonds. The minimum Gasteiger partial charge on any atom is -0.307 e. The lowest BCUT2D eigenvalue weighted by Gasteiger charge is -2.23. The van der Waals surface area contributed by atoms with Gasteiger partial charge in [-0.1, -0.05) is 37.1 Å². The van der Waals surface area contributed by atoms with Crippen LogP contribution in [0.1, 0.15) is 51.1 Å². The summed E-state index contributed by atoms with van der Waals surface area (Å²) < 4.78 is 0. The largest absolute Gasteiger partial charge is 0.307 e. The average molecular weight is 252 g/mol. The van der Waals surface area contributed by atoms with Crippen molar-refractivity contribution in [2.45, 2.75) is 51.6 Å². The molecule has 1 saturated carbocycles. The molecule has 1 aromatic rings. The number of rotatable bonds is 6. The van der Waals surface area contributed by atoms with Gasteiger partial charge in [-0.3, -0.25) is 0 Å². The third-order valence-electron chi connectivity index (χ3n) is 3.64. The normalized spacial score (nSPS) is 19.0. The van der Waals surface area contributed by atoms with Crippen molar-refractivity contribution < 1.29 is 0 Å². The third kappa shape index (κ3) is 3.72. The standard InChI is InChI=1S/C15H22ClN/c1-3-4-15(17-11(2)12-5-6-12)13-7-9-14(16)10-8-13/h7-12,15,17H,3-6H2,1-2H3. The van der Waals surface area contributed by atoms with E-state index in [1.807, 2.05) is 12.1 Å². The van der Waals surface area contributed by atoms with Gasteiger partial charge in [0.25, 0.3) is 0 Å². The Kier molecular flexibility index (Phi) is 4.47. The van der Waals surface area contributed by atoms with Crippen LogP contribution in [0.3, 0.4) is 0 Å². The van der Waals surface area contributed by atoms with E-state index in [-0.39, 0.29) is 0 Å². The zero-order valence-electron chi connectivity index (χ0n) is 10.7. The van der Waals surface area contributed by atoms with Gasteiger partial charge in [0, 0.05) is 17.1 Å². The van der Waals surface area contributed by atoms with Crippen molar-refractivity contribution in [1.29, 1.82) is 0 Å². The van der Waals surface area contributed by atoms with E-state index in [4.69, 9.17) is 11.6 Å². The summed E-state index contributed by atoms with van der Waals surface area (Å²) in [6, 6.07) is 9.39. The van der Waals surface area contributed by atoms with Crippen LogP contribution in [0.5, 0.6) is 0 Å². The molecule has 2 unspecified atom stereocenters. The summed E-state index contributed by atoms with van der Waals surface area (Å²) in [4.78, 5) is 0. The second kappa shape index (κ2) is 5.88. The fourth-order valence-corrected chi connectivity index (χ4v) is 2.51. The van der Waals surface area contributed by atoms with Gasteiger partial charge in [0.1, 0.15) is 0 Å². The van der Waals surface area contributed by atoms with Crippen LogP contribution in [0.2, 0.25) is 5.02 Å². The summed E-state index contributed by atoms with van der Waals surface area (Å²) in [5.41, 5.74) is 1.36. The Balaban J connectivity index is 2.02. The van der Waals surface area contributed by atoms with Gasteiger partial charge in [-0.25, -0.2) is 0 Å². The zero-order valence-corrected chi connectivity index (χ0v) is 11.5. The first kappa shape index (κ1) is 12.9. The fourth-order valence-electron chi connectivity index (χ4n) is 2.38. The first-order chi connectivity index (χ1) is 8.20. The fraction of sp³-hybridized carbons (Fsp3) is 0.600. The summed E-state index contributed by atoms with van der Waals surface area (Å²) in [7, 11) is 0. The summed E-state index contributed by atoms with van der Waals surface area (Å²) in [5.74, 6) is 0.904. The first-order valence-corrected chi connectivity index (χ1v) is 7.10. The van der Waals surface area contributed by atoms with Crippen LogP contribution in [0, 0.1) is 5.92 Å². The lowest BCUT2D eigenvalue weighted by atomic mass is 10.0. The van der Waals surface area contributed by atoms with E-state index in [9.17, 15) is 0 Å². The van der Waals surface area contributed by atoms with Crippen molar-refractivity contribution in [3.63, 3.8) is 0 Å². The van der Waals surface area contributed by atoms with Crippen molar-refractivity contribution >= 4 is 11.6 Å². The van der Waals surface area contributed by atoms with Crippen molar-refractivity contribution in [3.05, 3.63) is 34.9 Å². The van der Waals surface area contributed by atoms with Crippen LogP contribution in [-0.2, 0) is 0 Å². The van der Waals surface area contributed by atoms with Crippen LogP contribution in [0.25, 0.3) is 0 Å². The van der Waals surface area contributed by atoms with E-state index in [0.29, 0.717) is 12.1 Å². The van der Waals surface area contributed by atoms with Gasteiger partial charge in [0.15, 0.2) is 0 Å². The van der Waals surface area contributed by atoms with Crippen LogP contribution >= 0.6 is 11.6 Å². The van der Waals surface area contributed by atoms with Gasteiger partial charge >= 0.3 is 0 Å². The minimum absolute atomic E-state index is 0.480. The third-order valence-corrected chi connectivity index (χ3v) is 3.89. The monoisotopic (exact) mass is 251 g/mol. The summed E-state index contributed by atoms with van der Waals surface area (Å²) in [6.07, 6.45) is 5.19. The molecule has 1 nitrogen and oxygen atoms in total. The predicted molar refractivity (Wildman–Crippen MR) is 74.4 cm³/mol. The minimum atomic E-state index is 0.480. The van der Waals surface area contributed by atoms with E-state index >= 15 is 0 Å². The van der Waals surface area contributed by atoms with E-state index in [1.54, 1.807) is 0 Å². The molecule has 0 bridgehead atoms. The number of hydrogen-bond donors (Lipinski definition) is 1. The maximum Gasteiger partial charge on any atom is 0.0406 e. The molecule has 2 rings (SSSR count). The van der Waals surface area contributed by atoms with Crippen LogP contribution in [0.4, 0.5) is 0 Å². The summed E-state index contributed by atoms with van der Waals surface area (Å²) in [5, 5.41) is 4.59. The highest BCUT2D eigenvalue weighted by molar-refractivity contribution is 6.30. The molecule has 17 heavy (non-hydrogen) atoms. The van der Waals surface area contributed by atoms with Gasteiger partial charge in [-0.05, 0) is 49.8 Å². The topological polar surface area (TPSA) is 12.0 Å². The number of benzene rings is 1. The Hall–Kier alpha value is -0.530. The van der Waals surface area contributed by atoms with Gasteiger partial charge in [-0.2, -0.15) is 0 Å². The molecule has 0 heterocycles. The van der Waals surface area contributed by atoms with Gasteiger partial charge in [0.05, 0.1) is 0 Å². The smallest absolute Gasteiger partial charge is 0.0406 e. The van der Waals surface area contributed by atoms with Gasteiger partial charge < -0.3 is 5.32 Å². The zero-order chi connectivity index (χ0) is 12.3. The van der Waals surface area contributed by atoms with Crippen LogP contribution < -0.4 is 5.32 Å². The molecule has 1 N–H and O–H groups in total. The number of hydrogen-bond acceptors (Lipinski definition) is 1. The highest BCUT2D eigenvalue weighted by Crippen LogP contribution is 2.34. The molecule has 0 saturated heterocycles. The molecule has 1 fully saturated rings.